The normalized spacial score (nSPS) is 16.8. The van der Waals surface area contributed by atoms with Gasteiger partial charge in [0.25, 0.3) is 0 Å². The molecular formula is C10H15N3O2S. The molecule has 5 nitrogen and oxygen atoms in total. The summed E-state index contributed by atoms with van der Waals surface area (Å²) in [5, 5.41) is 2.78. The molecule has 0 spiro atoms. The number of anilines is 1. The summed E-state index contributed by atoms with van der Waals surface area (Å²) in [7, 11) is -1.78. The molecule has 1 aliphatic rings. The van der Waals surface area contributed by atoms with Gasteiger partial charge in [-0.05, 0) is 25.0 Å². The van der Waals surface area contributed by atoms with Gasteiger partial charge in [0, 0.05) is 19.3 Å². The zero-order chi connectivity index (χ0) is 11.6. The molecule has 0 radical (unpaired) electrons. The van der Waals surface area contributed by atoms with Crippen LogP contribution in [0.15, 0.2) is 23.2 Å². The molecule has 0 amide bonds. The van der Waals surface area contributed by atoms with Gasteiger partial charge < -0.3 is 5.32 Å². The molecule has 0 bridgehead atoms. The van der Waals surface area contributed by atoms with Gasteiger partial charge in [-0.25, -0.2) is 18.1 Å². The second-order valence-corrected chi connectivity index (χ2v) is 5.53. The van der Waals surface area contributed by atoms with Crippen LogP contribution in [0.3, 0.4) is 0 Å². The molecule has 1 aliphatic carbocycles. The van der Waals surface area contributed by atoms with E-state index < -0.39 is 10.0 Å². The maximum atomic E-state index is 12.0. The van der Waals surface area contributed by atoms with Gasteiger partial charge in [-0.3, -0.25) is 0 Å². The SMILES string of the molecule is CNc1ncccc1S(=O)(=O)NC1CCC1. The van der Waals surface area contributed by atoms with E-state index >= 15 is 0 Å². The Labute approximate surface area is 95.3 Å². The van der Waals surface area contributed by atoms with Crippen molar-refractivity contribution in [1.29, 1.82) is 0 Å². The fraction of sp³-hybridized carbons (Fsp3) is 0.500. The Morgan fingerprint density at radius 3 is 2.75 bits per heavy atom. The minimum Gasteiger partial charge on any atom is -0.372 e. The van der Waals surface area contributed by atoms with Crippen LogP contribution in [-0.4, -0.2) is 26.5 Å². The fourth-order valence-electron chi connectivity index (χ4n) is 1.60. The largest absolute Gasteiger partial charge is 0.372 e. The van der Waals surface area contributed by atoms with Crippen LogP contribution in [0.2, 0.25) is 0 Å². The van der Waals surface area contributed by atoms with Crippen molar-refractivity contribution in [2.24, 2.45) is 0 Å². The molecule has 1 aromatic heterocycles. The zero-order valence-electron chi connectivity index (χ0n) is 9.10. The molecule has 0 aromatic carbocycles. The fourth-order valence-corrected chi connectivity index (χ4v) is 3.07. The number of sulfonamides is 1. The lowest BCUT2D eigenvalue weighted by Crippen LogP contribution is -2.39. The summed E-state index contributed by atoms with van der Waals surface area (Å²) in [6, 6.07) is 3.27. The summed E-state index contributed by atoms with van der Waals surface area (Å²) in [5.74, 6) is 0.384. The number of hydrogen-bond donors (Lipinski definition) is 2. The van der Waals surface area contributed by atoms with Crippen LogP contribution in [0, 0.1) is 0 Å². The van der Waals surface area contributed by atoms with E-state index in [9.17, 15) is 8.42 Å². The first-order valence-electron chi connectivity index (χ1n) is 5.28. The first-order chi connectivity index (χ1) is 7.63. The van der Waals surface area contributed by atoms with Gasteiger partial charge >= 0.3 is 0 Å². The Kier molecular flexibility index (Phi) is 3.11. The summed E-state index contributed by atoms with van der Waals surface area (Å²) >= 11 is 0. The number of nitrogens with one attached hydrogen (secondary N) is 2. The van der Waals surface area contributed by atoms with E-state index in [4.69, 9.17) is 0 Å². The Morgan fingerprint density at radius 2 is 2.19 bits per heavy atom. The molecular weight excluding hydrogens is 226 g/mol. The smallest absolute Gasteiger partial charge is 0.244 e. The Morgan fingerprint density at radius 1 is 1.44 bits per heavy atom. The van der Waals surface area contributed by atoms with Gasteiger partial charge in [-0.1, -0.05) is 6.42 Å². The average molecular weight is 241 g/mol. The number of pyridine rings is 1. The van der Waals surface area contributed by atoms with Crippen LogP contribution in [0.25, 0.3) is 0 Å². The highest BCUT2D eigenvalue weighted by Crippen LogP contribution is 2.23. The summed E-state index contributed by atoms with van der Waals surface area (Å²) in [5.41, 5.74) is 0. The van der Waals surface area contributed by atoms with Gasteiger partial charge in [0.2, 0.25) is 10.0 Å². The quantitative estimate of drug-likeness (QED) is 0.823. The molecule has 16 heavy (non-hydrogen) atoms. The molecule has 6 heteroatoms. The van der Waals surface area contributed by atoms with Crippen molar-refractivity contribution < 1.29 is 8.42 Å². The summed E-state index contributed by atoms with van der Waals surface area (Å²) < 4.78 is 26.7. The summed E-state index contributed by atoms with van der Waals surface area (Å²) in [6.45, 7) is 0. The Balaban J connectivity index is 2.27. The molecule has 1 aromatic rings. The Hall–Kier alpha value is -1.14. The molecule has 2 N–H and O–H groups in total. The van der Waals surface area contributed by atoms with Crippen LogP contribution in [0.5, 0.6) is 0 Å². The molecule has 88 valence electrons. The molecule has 1 fully saturated rings. The highest BCUT2D eigenvalue weighted by atomic mass is 32.2. The predicted molar refractivity (Wildman–Crippen MR) is 61.7 cm³/mol. The molecule has 1 heterocycles. The van der Waals surface area contributed by atoms with Crippen LogP contribution < -0.4 is 10.0 Å². The zero-order valence-corrected chi connectivity index (χ0v) is 9.92. The van der Waals surface area contributed by atoms with E-state index in [0.29, 0.717) is 5.82 Å². The molecule has 0 aliphatic heterocycles. The minimum atomic E-state index is -3.44. The van der Waals surface area contributed by atoms with Gasteiger partial charge in [0.05, 0.1) is 0 Å². The van der Waals surface area contributed by atoms with Crippen LogP contribution in [-0.2, 0) is 10.0 Å². The monoisotopic (exact) mass is 241 g/mol. The van der Waals surface area contributed by atoms with Crippen molar-refractivity contribution in [3.63, 3.8) is 0 Å². The molecule has 0 unspecified atom stereocenters. The van der Waals surface area contributed by atoms with Crippen LogP contribution >= 0.6 is 0 Å². The topological polar surface area (TPSA) is 71.1 Å². The highest BCUT2D eigenvalue weighted by molar-refractivity contribution is 7.89. The lowest BCUT2D eigenvalue weighted by molar-refractivity contribution is 0.383. The average Bonchev–Trinajstić information content (AvgIpc) is 2.24. The third kappa shape index (κ3) is 2.17. The van der Waals surface area contributed by atoms with E-state index in [0.717, 1.165) is 19.3 Å². The molecule has 0 saturated heterocycles. The van der Waals surface area contributed by atoms with Gasteiger partial charge in [0.15, 0.2) is 0 Å². The van der Waals surface area contributed by atoms with Gasteiger partial charge in [-0.2, -0.15) is 0 Å². The first kappa shape index (κ1) is 11.3. The van der Waals surface area contributed by atoms with Crippen molar-refractivity contribution in [2.45, 2.75) is 30.2 Å². The van der Waals surface area contributed by atoms with Gasteiger partial charge in [0.1, 0.15) is 10.7 Å². The van der Waals surface area contributed by atoms with E-state index in [1.807, 2.05) is 0 Å². The van der Waals surface area contributed by atoms with Crippen molar-refractivity contribution in [3.05, 3.63) is 18.3 Å². The predicted octanol–water partition coefficient (Wildman–Crippen LogP) is 0.954. The molecule has 0 atom stereocenters. The van der Waals surface area contributed by atoms with Crippen molar-refractivity contribution >= 4 is 15.8 Å². The second kappa shape index (κ2) is 4.39. The number of aromatic nitrogens is 1. The lowest BCUT2D eigenvalue weighted by Gasteiger charge is -2.26. The highest BCUT2D eigenvalue weighted by Gasteiger charge is 2.26. The van der Waals surface area contributed by atoms with E-state index in [-0.39, 0.29) is 10.9 Å². The Bertz CT molecular complexity index is 469. The third-order valence-corrected chi connectivity index (χ3v) is 4.28. The van der Waals surface area contributed by atoms with Crippen LogP contribution in [0.1, 0.15) is 19.3 Å². The van der Waals surface area contributed by atoms with E-state index in [2.05, 4.69) is 15.0 Å². The number of hydrogen-bond acceptors (Lipinski definition) is 4. The van der Waals surface area contributed by atoms with Crippen LogP contribution in [0.4, 0.5) is 5.82 Å². The van der Waals surface area contributed by atoms with Crippen molar-refractivity contribution in [3.8, 4) is 0 Å². The summed E-state index contributed by atoms with van der Waals surface area (Å²) in [6.07, 6.45) is 4.51. The number of rotatable bonds is 4. The maximum absolute atomic E-state index is 12.0. The molecule has 1 saturated carbocycles. The van der Waals surface area contributed by atoms with Gasteiger partial charge in [-0.15, -0.1) is 0 Å². The number of nitrogens with zero attached hydrogens (tertiary/aromatic N) is 1. The maximum Gasteiger partial charge on any atom is 0.244 e. The van der Waals surface area contributed by atoms with Crippen molar-refractivity contribution in [1.82, 2.24) is 9.71 Å². The lowest BCUT2D eigenvalue weighted by atomic mass is 9.94. The van der Waals surface area contributed by atoms with Crippen molar-refractivity contribution in [2.75, 3.05) is 12.4 Å². The second-order valence-electron chi connectivity index (χ2n) is 3.85. The molecule has 2 rings (SSSR count). The summed E-state index contributed by atoms with van der Waals surface area (Å²) in [4.78, 5) is 4.20. The third-order valence-electron chi connectivity index (χ3n) is 2.72. The van der Waals surface area contributed by atoms with E-state index in [1.165, 1.54) is 0 Å². The first-order valence-corrected chi connectivity index (χ1v) is 6.77. The van der Waals surface area contributed by atoms with E-state index in [1.54, 1.807) is 25.4 Å². The standard InChI is InChI=1S/C10H15N3O2S/c1-11-10-9(6-3-7-12-10)16(14,15)13-8-4-2-5-8/h3,6-8,13H,2,4-5H2,1H3,(H,11,12). The minimum absolute atomic E-state index is 0.0925.